The predicted molar refractivity (Wildman–Crippen MR) is 80.8 cm³/mol. The first-order valence-electron chi connectivity index (χ1n) is 7.41. The molecule has 2 aromatic rings. The number of halogens is 6. The standard InChI is InChI=1S/C17H14F6O3/c18-16(19,20)12-4-2-11(3-5-12)14-7-6-13(25-9-1-8-24)10-15(14)26-17(21,22)23/h2-7,10,24H,1,8-9H2. The van der Waals surface area contributed by atoms with Gasteiger partial charge in [0.2, 0.25) is 0 Å². The van der Waals surface area contributed by atoms with E-state index in [1.807, 2.05) is 0 Å². The van der Waals surface area contributed by atoms with Gasteiger partial charge in [-0.05, 0) is 29.8 Å². The summed E-state index contributed by atoms with van der Waals surface area (Å²) in [6, 6.07) is 7.31. The zero-order valence-electron chi connectivity index (χ0n) is 13.2. The Hall–Kier alpha value is -2.42. The molecule has 0 radical (unpaired) electrons. The van der Waals surface area contributed by atoms with Crippen LogP contribution in [0.1, 0.15) is 12.0 Å². The van der Waals surface area contributed by atoms with E-state index in [1.54, 1.807) is 0 Å². The number of aliphatic hydroxyl groups excluding tert-OH is 1. The summed E-state index contributed by atoms with van der Waals surface area (Å²) < 4.78 is 85.0. The van der Waals surface area contributed by atoms with Crippen molar-refractivity contribution in [3.05, 3.63) is 48.0 Å². The van der Waals surface area contributed by atoms with Gasteiger partial charge in [0.15, 0.2) is 0 Å². The molecule has 26 heavy (non-hydrogen) atoms. The molecule has 0 bridgehead atoms. The van der Waals surface area contributed by atoms with Gasteiger partial charge in [0.05, 0.1) is 12.2 Å². The van der Waals surface area contributed by atoms with E-state index < -0.39 is 23.9 Å². The van der Waals surface area contributed by atoms with Crippen molar-refractivity contribution >= 4 is 0 Å². The molecule has 0 saturated heterocycles. The molecule has 0 aliphatic carbocycles. The molecule has 0 amide bonds. The van der Waals surface area contributed by atoms with Crippen molar-refractivity contribution in [3.8, 4) is 22.6 Å². The molecule has 9 heteroatoms. The number of alkyl halides is 6. The van der Waals surface area contributed by atoms with Crippen LogP contribution in [-0.2, 0) is 6.18 Å². The van der Waals surface area contributed by atoms with Crippen molar-refractivity contribution in [2.24, 2.45) is 0 Å². The smallest absolute Gasteiger partial charge is 0.493 e. The van der Waals surface area contributed by atoms with E-state index >= 15 is 0 Å². The first kappa shape index (κ1) is 19.9. The highest BCUT2D eigenvalue weighted by atomic mass is 19.4. The summed E-state index contributed by atoms with van der Waals surface area (Å²) in [4.78, 5) is 0. The minimum atomic E-state index is -4.98. The predicted octanol–water partition coefficient (Wildman–Crippen LogP) is 5.03. The second kappa shape index (κ2) is 7.86. The van der Waals surface area contributed by atoms with Gasteiger partial charge in [-0.1, -0.05) is 12.1 Å². The van der Waals surface area contributed by atoms with E-state index in [-0.39, 0.29) is 36.5 Å². The number of hydrogen-bond donors (Lipinski definition) is 1. The molecule has 0 atom stereocenters. The van der Waals surface area contributed by atoms with E-state index in [4.69, 9.17) is 9.84 Å². The first-order valence-corrected chi connectivity index (χ1v) is 7.41. The van der Waals surface area contributed by atoms with Crippen LogP contribution in [-0.4, -0.2) is 24.7 Å². The van der Waals surface area contributed by atoms with Crippen LogP contribution in [0.25, 0.3) is 11.1 Å². The minimum absolute atomic E-state index is 0.0365. The van der Waals surface area contributed by atoms with Gasteiger partial charge < -0.3 is 14.6 Å². The summed E-state index contributed by atoms with van der Waals surface area (Å²) in [7, 11) is 0. The molecule has 0 saturated carbocycles. The van der Waals surface area contributed by atoms with Crippen molar-refractivity contribution < 1.29 is 40.9 Å². The summed E-state index contributed by atoms with van der Waals surface area (Å²) in [5.74, 6) is -0.521. The highest BCUT2D eigenvalue weighted by Gasteiger charge is 2.33. The van der Waals surface area contributed by atoms with E-state index in [0.29, 0.717) is 0 Å². The van der Waals surface area contributed by atoms with Crippen LogP contribution < -0.4 is 9.47 Å². The second-order valence-electron chi connectivity index (χ2n) is 5.21. The van der Waals surface area contributed by atoms with Gasteiger partial charge in [-0.3, -0.25) is 0 Å². The van der Waals surface area contributed by atoms with E-state index in [9.17, 15) is 26.3 Å². The van der Waals surface area contributed by atoms with E-state index in [0.717, 1.165) is 30.3 Å². The molecular formula is C17H14F6O3. The van der Waals surface area contributed by atoms with Crippen molar-refractivity contribution in [3.63, 3.8) is 0 Å². The molecule has 0 aliphatic heterocycles. The van der Waals surface area contributed by atoms with E-state index in [1.165, 1.54) is 12.1 Å². The summed E-state index contributed by atoms with van der Waals surface area (Å²) in [6.45, 7) is -0.0584. The molecule has 0 unspecified atom stereocenters. The van der Waals surface area contributed by atoms with Crippen LogP contribution in [0.3, 0.4) is 0 Å². The van der Waals surface area contributed by atoms with Crippen LogP contribution in [0.15, 0.2) is 42.5 Å². The van der Waals surface area contributed by atoms with Crippen molar-refractivity contribution in [2.45, 2.75) is 19.0 Å². The Kier molecular flexibility index (Phi) is 6.01. The van der Waals surface area contributed by atoms with Gasteiger partial charge in [-0.2, -0.15) is 13.2 Å². The summed E-state index contributed by atoms with van der Waals surface area (Å²) >= 11 is 0. The van der Waals surface area contributed by atoms with Crippen LogP contribution in [0.2, 0.25) is 0 Å². The second-order valence-corrected chi connectivity index (χ2v) is 5.21. The van der Waals surface area contributed by atoms with Crippen LogP contribution in [0.4, 0.5) is 26.3 Å². The maximum absolute atomic E-state index is 12.7. The van der Waals surface area contributed by atoms with Gasteiger partial charge >= 0.3 is 12.5 Å². The van der Waals surface area contributed by atoms with Gasteiger partial charge in [0.25, 0.3) is 0 Å². The molecular weight excluding hydrogens is 366 g/mol. The molecule has 0 aliphatic rings. The molecule has 1 N–H and O–H groups in total. The Morgan fingerprint density at radius 3 is 2.08 bits per heavy atom. The lowest BCUT2D eigenvalue weighted by Crippen LogP contribution is -2.17. The largest absolute Gasteiger partial charge is 0.573 e. The maximum atomic E-state index is 12.7. The Morgan fingerprint density at radius 1 is 0.885 bits per heavy atom. The third-order valence-electron chi connectivity index (χ3n) is 3.27. The average Bonchev–Trinajstić information content (AvgIpc) is 2.53. The lowest BCUT2D eigenvalue weighted by Gasteiger charge is -2.16. The Balaban J connectivity index is 2.36. The fourth-order valence-corrected chi connectivity index (χ4v) is 2.13. The SMILES string of the molecule is OCCCOc1ccc(-c2ccc(C(F)(F)F)cc2)c(OC(F)(F)F)c1. The third-order valence-corrected chi connectivity index (χ3v) is 3.27. The lowest BCUT2D eigenvalue weighted by atomic mass is 10.0. The summed E-state index contributed by atoms with van der Waals surface area (Å²) in [6.07, 6.45) is -9.24. The van der Waals surface area contributed by atoms with Gasteiger partial charge in [-0.25, -0.2) is 0 Å². The summed E-state index contributed by atoms with van der Waals surface area (Å²) in [5.41, 5.74) is -0.826. The van der Waals surface area contributed by atoms with Gasteiger partial charge in [0, 0.05) is 24.7 Å². The molecule has 2 rings (SSSR count). The molecule has 0 spiro atoms. The fraction of sp³-hybridized carbons (Fsp3) is 0.294. The van der Waals surface area contributed by atoms with Gasteiger partial charge in [0.1, 0.15) is 11.5 Å². The quantitative estimate of drug-likeness (QED) is 0.564. The Labute approximate surface area is 144 Å². The van der Waals surface area contributed by atoms with Crippen molar-refractivity contribution in [1.82, 2.24) is 0 Å². The number of rotatable bonds is 6. The minimum Gasteiger partial charge on any atom is -0.493 e. The highest BCUT2D eigenvalue weighted by Crippen LogP contribution is 2.38. The van der Waals surface area contributed by atoms with Crippen LogP contribution in [0.5, 0.6) is 11.5 Å². The molecule has 0 aromatic heterocycles. The molecule has 3 nitrogen and oxygen atoms in total. The number of aliphatic hydroxyl groups is 1. The monoisotopic (exact) mass is 380 g/mol. The lowest BCUT2D eigenvalue weighted by molar-refractivity contribution is -0.274. The van der Waals surface area contributed by atoms with Crippen LogP contribution >= 0.6 is 0 Å². The normalized spacial score (nSPS) is 12.1. The van der Waals surface area contributed by atoms with Crippen LogP contribution in [0, 0.1) is 0 Å². The zero-order chi connectivity index (χ0) is 19.4. The fourth-order valence-electron chi connectivity index (χ4n) is 2.13. The first-order chi connectivity index (χ1) is 12.1. The van der Waals surface area contributed by atoms with Crippen molar-refractivity contribution in [1.29, 1.82) is 0 Å². The topological polar surface area (TPSA) is 38.7 Å². The molecule has 0 heterocycles. The number of hydrogen-bond acceptors (Lipinski definition) is 3. The highest BCUT2D eigenvalue weighted by molar-refractivity contribution is 5.71. The molecule has 0 fully saturated rings. The maximum Gasteiger partial charge on any atom is 0.573 e. The number of benzene rings is 2. The van der Waals surface area contributed by atoms with Gasteiger partial charge in [-0.15, -0.1) is 13.2 Å². The third kappa shape index (κ3) is 5.55. The number of ether oxygens (including phenoxy) is 2. The van der Waals surface area contributed by atoms with Crippen molar-refractivity contribution in [2.75, 3.05) is 13.2 Å². The Morgan fingerprint density at radius 2 is 1.54 bits per heavy atom. The summed E-state index contributed by atoms with van der Waals surface area (Å²) in [5, 5.41) is 8.69. The van der Waals surface area contributed by atoms with E-state index in [2.05, 4.69) is 4.74 Å². The molecule has 142 valence electrons. The zero-order valence-corrected chi connectivity index (χ0v) is 13.2. The molecule has 2 aromatic carbocycles. The Bertz CT molecular complexity index is 723. The average molecular weight is 380 g/mol.